The molecule has 0 saturated heterocycles. The lowest BCUT2D eigenvalue weighted by Crippen LogP contribution is -1.93. The molecule has 7 aromatic rings. The van der Waals surface area contributed by atoms with Gasteiger partial charge in [-0.05, 0) is 91.8 Å². The first-order chi connectivity index (χ1) is 22.0. The van der Waals surface area contributed by atoms with Crippen molar-refractivity contribution in [2.24, 2.45) is 0 Å². The number of phenolic OH excluding ortho intramolecular Hbond substituents is 1. The van der Waals surface area contributed by atoms with Gasteiger partial charge in [0.25, 0.3) is 0 Å². The first-order valence-corrected chi connectivity index (χ1v) is 14.5. The molecule has 0 amide bonds. The minimum atomic E-state index is -0.447. The number of phenols is 1. The van der Waals surface area contributed by atoms with Gasteiger partial charge >= 0.3 is 5.69 Å². The smallest absolute Gasteiger partial charge is 0.311 e. The lowest BCUT2D eigenvalue weighted by molar-refractivity contribution is -0.385. The van der Waals surface area contributed by atoms with Crippen molar-refractivity contribution in [1.82, 2.24) is 0 Å². The van der Waals surface area contributed by atoms with E-state index in [-0.39, 0.29) is 17.2 Å². The third kappa shape index (κ3) is 5.53. The summed E-state index contributed by atoms with van der Waals surface area (Å²) in [6, 6.07) is 46.0. The summed E-state index contributed by atoms with van der Waals surface area (Å²) < 4.78 is 11.0. The molecule has 6 nitrogen and oxygen atoms in total. The van der Waals surface area contributed by atoms with Crippen LogP contribution in [0.1, 0.15) is 5.56 Å². The molecule has 1 aliphatic heterocycles. The maximum Gasteiger partial charge on any atom is 0.311 e. The van der Waals surface area contributed by atoms with Crippen LogP contribution in [0.25, 0.3) is 43.8 Å². The molecule has 0 radical (unpaired) electrons. The van der Waals surface area contributed by atoms with Crippen molar-refractivity contribution in [2.75, 3.05) is 0 Å². The van der Waals surface area contributed by atoms with E-state index in [1.807, 2.05) is 72.8 Å². The van der Waals surface area contributed by atoms with Crippen molar-refractivity contribution >= 4 is 27.2 Å². The van der Waals surface area contributed by atoms with Crippen LogP contribution in [0.3, 0.4) is 0 Å². The molecule has 6 heteroatoms. The molecule has 218 valence electrons. The first-order valence-electron chi connectivity index (χ1n) is 14.5. The number of nitro groups is 1. The van der Waals surface area contributed by atoms with Crippen LogP contribution in [0.2, 0.25) is 0 Å². The van der Waals surface area contributed by atoms with Crippen molar-refractivity contribution in [3.05, 3.63) is 161 Å². The van der Waals surface area contributed by atoms with Crippen molar-refractivity contribution < 1.29 is 19.5 Å². The van der Waals surface area contributed by atoms with Crippen LogP contribution in [0.15, 0.2) is 146 Å². The molecule has 0 atom stereocenters. The van der Waals surface area contributed by atoms with E-state index in [2.05, 4.69) is 36.4 Å². The molecule has 2 bridgehead atoms. The minimum absolute atomic E-state index is 0.0756. The summed E-state index contributed by atoms with van der Waals surface area (Å²) in [5.74, 6) is 1.96. The highest BCUT2D eigenvalue weighted by molar-refractivity contribution is 6.21. The Morgan fingerprint density at radius 1 is 0.622 bits per heavy atom. The van der Waals surface area contributed by atoms with Crippen LogP contribution in [0, 0.1) is 10.1 Å². The summed E-state index contributed by atoms with van der Waals surface area (Å²) in [6.45, 7) is 0.766. The lowest BCUT2D eigenvalue weighted by Gasteiger charge is -2.18. The van der Waals surface area contributed by atoms with E-state index in [4.69, 9.17) is 9.47 Å². The summed E-state index contributed by atoms with van der Waals surface area (Å²) in [4.78, 5) is 10.9. The number of nitro benzene ring substituents is 1. The zero-order valence-corrected chi connectivity index (χ0v) is 24.1. The molecule has 1 N–H and O–H groups in total. The van der Waals surface area contributed by atoms with E-state index in [0.29, 0.717) is 5.75 Å². The van der Waals surface area contributed by atoms with Gasteiger partial charge in [0.05, 0.1) is 4.92 Å². The van der Waals surface area contributed by atoms with Gasteiger partial charge in [0, 0.05) is 6.07 Å². The number of hydrogen-bond acceptors (Lipinski definition) is 5. The normalized spacial score (nSPS) is 11.5. The summed E-state index contributed by atoms with van der Waals surface area (Å²) in [5.41, 5.74) is 5.47. The van der Waals surface area contributed by atoms with Crippen LogP contribution in [-0.4, -0.2) is 10.0 Å². The van der Waals surface area contributed by atoms with Crippen LogP contribution in [0.4, 0.5) is 5.69 Å². The number of benzene rings is 7. The number of fused-ring (bicyclic) bond motifs is 4. The Hall–Kier alpha value is -6.14. The molecule has 0 aromatic heterocycles. The van der Waals surface area contributed by atoms with Crippen molar-refractivity contribution in [3.63, 3.8) is 0 Å². The van der Waals surface area contributed by atoms with Crippen molar-refractivity contribution in [1.29, 1.82) is 0 Å². The SMILES string of the molecule is O=[N+]([O-])c1ccccc1Oc1ccc(-c2c3ccccc3c(-c3ccc(O)cc3)c3ccccc23)cc1.c1cc2cc(c1)OC2. The number of ether oxygens (including phenoxy) is 2. The lowest BCUT2D eigenvalue weighted by atomic mass is 9.86. The second kappa shape index (κ2) is 11.9. The number of hydrogen-bond donors (Lipinski definition) is 1. The number of aromatic hydroxyl groups is 1. The molecule has 0 saturated carbocycles. The third-order valence-electron chi connectivity index (χ3n) is 7.82. The van der Waals surface area contributed by atoms with Crippen LogP contribution in [-0.2, 0) is 6.61 Å². The highest BCUT2D eigenvalue weighted by Gasteiger charge is 2.18. The molecule has 1 aliphatic rings. The largest absolute Gasteiger partial charge is 0.508 e. The van der Waals surface area contributed by atoms with E-state index in [0.717, 1.165) is 56.2 Å². The monoisotopic (exact) mass is 589 g/mol. The second-order valence-electron chi connectivity index (χ2n) is 10.7. The molecule has 1 heterocycles. The Labute approximate surface area is 259 Å². The van der Waals surface area contributed by atoms with E-state index in [1.165, 1.54) is 11.6 Å². The molecule has 0 fully saturated rings. The van der Waals surface area contributed by atoms with Gasteiger partial charge in [0.2, 0.25) is 5.75 Å². The zero-order valence-electron chi connectivity index (χ0n) is 24.1. The Kier molecular flexibility index (Phi) is 7.29. The third-order valence-corrected chi connectivity index (χ3v) is 7.82. The summed E-state index contributed by atoms with van der Waals surface area (Å²) >= 11 is 0. The Morgan fingerprint density at radius 3 is 1.69 bits per heavy atom. The van der Waals surface area contributed by atoms with E-state index < -0.39 is 4.92 Å². The Balaban J connectivity index is 0.000000350. The van der Waals surface area contributed by atoms with Gasteiger partial charge in [-0.1, -0.05) is 97.1 Å². The zero-order chi connectivity index (χ0) is 30.8. The summed E-state index contributed by atoms with van der Waals surface area (Å²) in [6.07, 6.45) is 0. The Bertz CT molecular complexity index is 2100. The van der Waals surface area contributed by atoms with Crippen LogP contribution < -0.4 is 9.47 Å². The summed E-state index contributed by atoms with van der Waals surface area (Å²) in [7, 11) is 0. The van der Waals surface area contributed by atoms with Gasteiger partial charge in [-0.15, -0.1) is 0 Å². The van der Waals surface area contributed by atoms with Crippen LogP contribution >= 0.6 is 0 Å². The molecule has 0 aliphatic carbocycles. The Morgan fingerprint density at radius 2 is 1.16 bits per heavy atom. The average molecular weight is 590 g/mol. The number of rotatable bonds is 5. The van der Waals surface area contributed by atoms with E-state index >= 15 is 0 Å². The predicted molar refractivity (Wildman–Crippen MR) is 178 cm³/mol. The van der Waals surface area contributed by atoms with Gasteiger partial charge in [0.15, 0.2) is 0 Å². The maximum absolute atomic E-state index is 11.4. The van der Waals surface area contributed by atoms with E-state index in [1.54, 1.807) is 30.3 Å². The van der Waals surface area contributed by atoms with Crippen molar-refractivity contribution in [2.45, 2.75) is 6.61 Å². The van der Waals surface area contributed by atoms with Gasteiger partial charge in [0.1, 0.15) is 23.9 Å². The molecular weight excluding hydrogens is 562 g/mol. The van der Waals surface area contributed by atoms with Crippen LogP contribution in [0.5, 0.6) is 23.0 Å². The first kappa shape index (κ1) is 27.7. The molecular formula is C39H27NO5. The highest BCUT2D eigenvalue weighted by Crippen LogP contribution is 2.44. The van der Waals surface area contributed by atoms with Gasteiger partial charge in [-0.25, -0.2) is 0 Å². The molecule has 7 aromatic carbocycles. The average Bonchev–Trinajstić information content (AvgIpc) is 3.41. The van der Waals surface area contributed by atoms with E-state index in [9.17, 15) is 15.2 Å². The molecule has 8 rings (SSSR count). The highest BCUT2D eigenvalue weighted by atomic mass is 16.6. The topological polar surface area (TPSA) is 81.8 Å². The molecule has 0 unspecified atom stereocenters. The van der Waals surface area contributed by atoms with Gasteiger partial charge in [-0.3, -0.25) is 10.1 Å². The molecule has 0 spiro atoms. The standard InChI is InChI=1S/C32H21NO4.C7H6O/c34-23-17-13-21(14-18-23)31-25-7-1-3-9-27(25)32(28-10-4-2-8-26(28)31)22-15-19-24(20-16-22)37-30-12-6-5-11-29(30)33(35)36;1-2-6-4-7(3-1)8-5-6/h1-20,34H;1-4H,5H2. The second-order valence-corrected chi connectivity index (χ2v) is 10.7. The fourth-order valence-electron chi connectivity index (χ4n) is 5.78. The predicted octanol–water partition coefficient (Wildman–Crippen LogP) is 10.3. The maximum atomic E-state index is 11.4. The fourth-order valence-corrected chi connectivity index (χ4v) is 5.78. The fraction of sp³-hybridized carbons (Fsp3) is 0.0256. The molecule has 45 heavy (non-hydrogen) atoms. The van der Waals surface area contributed by atoms with Gasteiger partial charge in [-0.2, -0.15) is 0 Å². The van der Waals surface area contributed by atoms with Crippen molar-refractivity contribution in [3.8, 4) is 45.3 Å². The minimum Gasteiger partial charge on any atom is -0.508 e. The summed E-state index contributed by atoms with van der Waals surface area (Å²) in [5, 5.41) is 25.6. The van der Waals surface area contributed by atoms with Gasteiger partial charge < -0.3 is 14.6 Å². The number of para-hydroxylation sites is 2. The quantitative estimate of drug-likeness (QED) is 0.123. The number of nitrogens with zero attached hydrogens (tertiary/aromatic N) is 1.